The lowest BCUT2D eigenvalue weighted by molar-refractivity contribution is 0.0683. The van der Waals surface area contributed by atoms with Crippen LogP contribution in [0.25, 0.3) is 33.1 Å². The first-order chi connectivity index (χ1) is 22.7. The highest BCUT2D eigenvalue weighted by Crippen LogP contribution is 2.21. The second kappa shape index (κ2) is 14.8. The minimum absolute atomic E-state index is 0.245. The van der Waals surface area contributed by atoms with Gasteiger partial charge in [-0.3, -0.25) is 23.9 Å². The van der Waals surface area contributed by atoms with Crippen LogP contribution in [-0.4, -0.2) is 78.0 Å². The first kappa shape index (κ1) is 35.2. The van der Waals surface area contributed by atoms with Crippen molar-refractivity contribution in [2.75, 3.05) is 0 Å². The summed E-state index contributed by atoms with van der Waals surface area (Å²) in [4.78, 5) is 54.5. The summed E-state index contributed by atoms with van der Waals surface area (Å²) in [6.07, 6.45) is 9.50. The molecule has 0 aromatic carbocycles. The van der Waals surface area contributed by atoms with Gasteiger partial charge in [0, 0.05) is 80.0 Å². The molecule has 18 heteroatoms. The molecule has 16 nitrogen and oxygen atoms in total. The Morgan fingerprint density at radius 1 is 0.750 bits per heavy atom. The van der Waals surface area contributed by atoms with Crippen LogP contribution in [0.2, 0.25) is 5.15 Å². The molecule has 0 fully saturated rings. The number of hydrogen-bond donors (Lipinski definition) is 4. The van der Waals surface area contributed by atoms with Gasteiger partial charge in [-0.15, -0.1) is 0 Å². The molecule has 248 valence electrons. The first-order valence-corrected chi connectivity index (χ1v) is 14.7. The largest absolute Gasteiger partial charge is 0.491 e. The van der Waals surface area contributed by atoms with Gasteiger partial charge in [0.15, 0.2) is 0 Å². The molecule has 0 amide bonds. The zero-order valence-corrected chi connectivity index (χ0v) is 26.9. The Hall–Kier alpha value is -5.65. The van der Waals surface area contributed by atoms with Crippen molar-refractivity contribution in [3.63, 3.8) is 0 Å². The summed E-state index contributed by atoms with van der Waals surface area (Å²) >= 11 is 5.76. The molecule has 0 aliphatic carbocycles. The van der Waals surface area contributed by atoms with E-state index < -0.39 is 30.2 Å². The van der Waals surface area contributed by atoms with E-state index in [1.807, 2.05) is 13.2 Å². The molecule has 0 bridgehead atoms. The molecule has 6 rings (SSSR count). The summed E-state index contributed by atoms with van der Waals surface area (Å²) in [6, 6.07) is 6.01. The van der Waals surface area contributed by atoms with Crippen molar-refractivity contribution in [3.05, 3.63) is 98.4 Å². The van der Waals surface area contributed by atoms with Crippen molar-refractivity contribution in [2.24, 2.45) is 14.1 Å². The van der Waals surface area contributed by atoms with E-state index in [0.717, 1.165) is 5.56 Å². The molecule has 0 atom stereocenters. The highest BCUT2D eigenvalue weighted by molar-refractivity contribution is 6.58. The molecule has 6 aromatic rings. The minimum atomic E-state index is -1.40. The standard InChI is InChI=1S/C15H14N4O3.C11H9ClN2O3.C4H7BN2O2/c1-3-19-13-5-12(10-7-17-18(2)8-10)16-6-9(13)4-11(14(19)20)15(21)22;1-2-14-8-4-9(12)13-5-6(8)3-7(10(14)15)11(16)17;1-7-3-4(2-6-7)5(8)9/h4-8H,3H2,1-2H3,(H,21,22);3-5H,2H2,1H3,(H,16,17);2-3,8-9H,1H3. The highest BCUT2D eigenvalue weighted by Gasteiger charge is 2.16. The van der Waals surface area contributed by atoms with Crippen molar-refractivity contribution >= 4 is 57.9 Å². The lowest BCUT2D eigenvalue weighted by atomic mass is 9.83. The molecule has 0 radical (unpaired) electrons. The molecule has 6 heterocycles. The molecule has 0 saturated heterocycles. The lowest BCUT2D eigenvalue weighted by Gasteiger charge is -2.10. The molecular formula is C30H30BClN8O8. The first-order valence-electron chi connectivity index (χ1n) is 14.3. The van der Waals surface area contributed by atoms with Crippen molar-refractivity contribution in [2.45, 2.75) is 26.9 Å². The van der Waals surface area contributed by atoms with Crippen molar-refractivity contribution in [3.8, 4) is 11.3 Å². The van der Waals surface area contributed by atoms with Gasteiger partial charge in [-0.1, -0.05) is 11.6 Å². The molecule has 0 aliphatic heterocycles. The number of aromatic carboxylic acids is 2. The number of aryl methyl sites for hydroxylation is 4. The number of hydrogen-bond acceptors (Lipinski definition) is 10. The van der Waals surface area contributed by atoms with E-state index in [1.54, 1.807) is 56.3 Å². The smallest absolute Gasteiger partial charge is 0.477 e. The van der Waals surface area contributed by atoms with E-state index in [0.29, 0.717) is 46.1 Å². The summed E-state index contributed by atoms with van der Waals surface area (Å²) in [5, 5.41) is 44.4. The third-order valence-corrected chi connectivity index (χ3v) is 7.25. The van der Waals surface area contributed by atoms with Gasteiger partial charge in [0.05, 0.1) is 22.9 Å². The van der Waals surface area contributed by atoms with E-state index in [-0.39, 0.29) is 16.3 Å². The Morgan fingerprint density at radius 3 is 1.67 bits per heavy atom. The number of carboxylic acids is 2. The molecule has 0 aliphatic rings. The van der Waals surface area contributed by atoms with Gasteiger partial charge >= 0.3 is 19.1 Å². The molecule has 48 heavy (non-hydrogen) atoms. The quantitative estimate of drug-likeness (QED) is 0.145. The molecule has 4 N–H and O–H groups in total. The van der Waals surface area contributed by atoms with Crippen molar-refractivity contribution in [1.29, 1.82) is 0 Å². The Bertz CT molecular complexity index is 2260. The average molecular weight is 677 g/mol. The van der Waals surface area contributed by atoms with Crippen LogP contribution in [0.1, 0.15) is 34.6 Å². The van der Waals surface area contributed by atoms with Crippen LogP contribution in [0.4, 0.5) is 0 Å². The van der Waals surface area contributed by atoms with E-state index in [9.17, 15) is 19.2 Å². The third-order valence-electron chi connectivity index (χ3n) is 7.04. The monoisotopic (exact) mass is 676 g/mol. The fourth-order valence-corrected chi connectivity index (χ4v) is 4.89. The van der Waals surface area contributed by atoms with Gasteiger partial charge in [0.2, 0.25) is 0 Å². The van der Waals surface area contributed by atoms with Crippen LogP contribution in [0, 0.1) is 0 Å². The van der Waals surface area contributed by atoms with Crippen LogP contribution < -0.4 is 16.6 Å². The van der Waals surface area contributed by atoms with E-state index in [4.69, 9.17) is 31.9 Å². The Morgan fingerprint density at radius 2 is 1.25 bits per heavy atom. The van der Waals surface area contributed by atoms with E-state index in [2.05, 4.69) is 20.2 Å². The zero-order chi connectivity index (χ0) is 35.3. The minimum Gasteiger partial charge on any atom is -0.477 e. The molecular weight excluding hydrogens is 647 g/mol. The molecule has 0 saturated carbocycles. The second-order valence-electron chi connectivity index (χ2n) is 10.2. The number of carboxylic acid groups (broad SMARTS) is 2. The van der Waals surface area contributed by atoms with Gasteiger partial charge in [0.25, 0.3) is 11.1 Å². The summed E-state index contributed by atoms with van der Waals surface area (Å²) in [7, 11) is 2.12. The number of fused-ring (bicyclic) bond motifs is 2. The maximum Gasteiger partial charge on any atom is 0.491 e. The van der Waals surface area contributed by atoms with Crippen molar-refractivity contribution in [1.82, 2.24) is 38.7 Å². The normalized spacial score (nSPS) is 10.6. The molecule has 6 aromatic heterocycles. The van der Waals surface area contributed by atoms with Crippen LogP contribution in [0.3, 0.4) is 0 Å². The topological polar surface area (TPSA) is 220 Å². The van der Waals surface area contributed by atoms with Gasteiger partial charge in [0.1, 0.15) is 16.3 Å². The maximum atomic E-state index is 12.3. The Kier molecular flexibility index (Phi) is 10.9. The van der Waals surface area contributed by atoms with Crippen LogP contribution in [0.15, 0.2) is 71.0 Å². The van der Waals surface area contributed by atoms with Crippen LogP contribution in [0.5, 0.6) is 0 Å². The van der Waals surface area contributed by atoms with Crippen LogP contribution in [-0.2, 0) is 27.2 Å². The predicted molar refractivity (Wildman–Crippen MR) is 178 cm³/mol. The number of carbonyl (C=O) groups is 2. The molecule has 0 unspecified atom stereocenters. The highest BCUT2D eigenvalue weighted by atomic mass is 35.5. The van der Waals surface area contributed by atoms with Gasteiger partial charge in [-0.2, -0.15) is 10.2 Å². The Labute approximate surface area is 276 Å². The summed E-state index contributed by atoms with van der Waals surface area (Å²) in [5.41, 5.74) is 1.63. The van der Waals surface area contributed by atoms with Gasteiger partial charge < -0.3 is 29.4 Å². The number of nitrogens with zero attached hydrogens (tertiary/aromatic N) is 8. The molecule has 0 spiro atoms. The fourth-order valence-electron chi connectivity index (χ4n) is 4.74. The summed E-state index contributed by atoms with van der Waals surface area (Å²) < 4.78 is 5.99. The number of rotatable bonds is 6. The fraction of sp³-hybridized carbons (Fsp3) is 0.200. The van der Waals surface area contributed by atoms with Gasteiger partial charge in [-0.05, 0) is 38.1 Å². The number of halogens is 1. The van der Waals surface area contributed by atoms with Crippen LogP contribution >= 0.6 is 11.6 Å². The summed E-state index contributed by atoms with van der Waals surface area (Å²) in [5.74, 6) is -2.47. The Balaban J connectivity index is 0.000000177. The predicted octanol–water partition coefficient (Wildman–Crippen LogP) is 1.38. The third kappa shape index (κ3) is 7.66. The summed E-state index contributed by atoms with van der Waals surface area (Å²) in [6.45, 7) is 4.32. The lowest BCUT2D eigenvalue weighted by Crippen LogP contribution is -2.28. The van der Waals surface area contributed by atoms with Gasteiger partial charge in [-0.25, -0.2) is 14.6 Å². The van der Waals surface area contributed by atoms with E-state index >= 15 is 0 Å². The zero-order valence-electron chi connectivity index (χ0n) is 26.1. The van der Waals surface area contributed by atoms with Crippen molar-refractivity contribution < 1.29 is 29.9 Å². The number of aromatic nitrogens is 8. The van der Waals surface area contributed by atoms with E-state index in [1.165, 1.54) is 38.3 Å². The second-order valence-corrected chi connectivity index (χ2v) is 10.6. The number of pyridine rings is 4. The average Bonchev–Trinajstić information content (AvgIpc) is 3.69. The SMILES string of the molecule is CCn1c(=O)c(C(=O)O)cc2cnc(-c3cnn(C)c3)cc21.CCn1c(=O)c(C(=O)O)cc2cnc(Cl)cc21.Cn1cc(B(O)O)cn1. The maximum absolute atomic E-state index is 12.3.